The zero-order valence-electron chi connectivity index (χ0n) is 18.3. The number of aromatic nitrogens is 2. The molecule has 5 nitrogen and oxygen atoms in total. The van der Waals surface area contributed by atoms with Crippen LogP contribution >= 0.6 is 0 Å². The summed E-state index contributed by atoms with van der Waals surface area (Å²) in [5.74, 6) is -3.73. The van der Waals surface area contributed by atoms with Crippen molar-refractivity contribution in [3.8, 4) is 5.69 Å². The molecule has 1 fully saturated rings. The third kappa shape index (κ3) is 2.98. The number of hydrazine groups is 1. The van der Waals surface area contributed by atoms with E-state index in [-0.39, 0.29) is 33.8 Å². The first-order valence-corrected chi connectivity index (χ1v) is 10.6. The first-order chi connectivity index (χ1) is 15.5. The molecule has 1 saturated carbocycles. The molecule has 2 bridgehead atoms. The Balaban J connectivity index is 1.59. The molecule has 3 aromatic rings. The minimum absolute atomic E-state index is 0.0121. The monoisotopic (exact) mass is 458 g/mol. The first kappa shape index (κ1) is 21.5. The molecular weight excluding hydrogens is 436 g/mol. The molecule has 2 aliphatic rings. The Bertz CT molecular complexity index is 1300. The molecule has 0 saturated heterocycles. The normalized spacial score (nSPS) is 22.3. The number of amides is 1. The third-order valence-corrected chi connectivity index (χ3v) is 7.61. The number of anilines is 1. The molecule has 2 atom stereocenters. The summed E-state index contributed by atoms with van der Waals surface area (Å²) in [6, 6.07) is 6.14. The van der Waals surface area contributed by atoms with Crippen molar-refractivity contribution in [1.82, 2.24) is 15.2 Å². The summed E-state index contributed by atoms with van der Waals surface area (Å²) in [5, 5.41) is 4.44. The molecule has 2 aromatic carbocycles. The molecule has 1 amide bonds. The van der Waals surface area contributed by atoms with Crippen molar-refractivity contribution in [2.45, 2.75) is 44.9 Å². The summed E-state index contributed by atoms with van der Waals surface area (Å²) in [4.78, 5) is 13.1. The molecule has 9 heteroatoms. The van der Waals surface area contributed by atoms with Crippen molar-refractivity contribution in [2.75, 3.05) is 5.43 Å². The van der Waals surface area contributed by atoms with Gasteiger partial charge in [-0.2, -0.15) is 5.10 Å². The lowest BCUT2D eigenvalue weighted by molar-refractivity contribution is 0.0955. The highest BCUT2D eigenvalue weighted by molar-refractivity contribution is 5.95. The molecule has 1 aromatic heterocycles. The Kier molecular flexibility index (Phi) is 4.60. The van der Waals surface area contributed by atoms with Crippen LogP contribution in [0.4, 0.5) is 23.2 Å². The second-order valence-corrected chi connectivity index (χ2v) is 9.47. The fourth-order valence-electron chi connectivity index (χ4n) is 5.49. The number of nitrogens with one attached hydrogen (secondary N) is 2. The van der Waals surface area contributed by atoms with Gasteiger partial charge in [-0.15, -0.1) is 0 Å². The second-order valence-electron chi connectivity index (χ2n) is 9.47. The Morgan fingerprint density at radius 1 is 1.03 bits per heavy atom. The van der Waals surface area contributed by atoms with Gasteiger partial charge < -0.3 is 0 Å². The molecule has 5 rings (SSSR count). The minimum atomic E-state index is -0.868. The molecular formula is C24H22F4N4O. The minimum Gasteiger partial charge on any atom is -0.295 e. The fraction of sp³-hybridized carbons (Fsp3) is 0.333. The Morgan fingerprint density at radius 2 is 1.70 bits per heavy atom. The zero-order valence-corrected chi connectivity index (χ0v) is 18.3. The van der Waals surface area contributed by atoms with E-state index < -0.39 is 29.2 Å². The van der Waals surface area contributed by atoms with Crippen LogP contribution in [0, 0.1) is 28.7 Å². The topological polar surface area (TPSA) is 59.0 Å². The number of hydrogen-bond acceptors (Lipinski definition) is 3. The molecule has 1 heterocycles. The number of rotatable bonds is 4. The van der Waals surface area contributed by atoms with Gasteiger partial charge >= 0.3 is 0 Å². The molecule has 2 aliphatic carbocycles. The predicted octanol–water partition coefficient (Wildman–Crippen LogP) is 5.36. The third-order valence-electron chi connectivity index (χ3n) is 7.61. The number of carbonyl (C=O) groups is 1. The highest BCUT2D eigenvalue weighted by atomic mass is 19.1. The van der Waals surface area contributed by atoms with E-state index in [0.29, 0.717) is 6.07 Å². The molecule has 0 aliphatic heterocycles. The number of fused-ring (bicyclic) bond motifs is 5. The summed E-state index contributed by atoms with van der Waals surface area (Å²) in [6.07, 6.45) is 1.68. The lowest BCUT2D eigenvalue weighted by Crippen LogP contribution is -2.34. The van der Waals surface area contributed by atoms with Crippen molar-refractivity contribution in [3.63, 3.8) is 0 Å². The SMILES string of the molecule is CC12CCC(c3c(C(=O)NNc4ccc(F)cc4F)nn(-c4ccc(F)cc4F)c31)C2(C)C. The number of carbonyl (C=O) groups excluding carboxylic acids is 1. The number of hydrogen-bond donors (Lipinski definition) is 2. The van der Waals surface area contributed by atoms with Gasteiger partial charge in [-0.05, 0) is 48.4 Å². The van der Waals surface area contributed by atoms with E-state index in [1.54, 1.807) is 0 Å². The largest absolute Gasteiger partial charge is 0.295 e. The summed E-state index contributed by atoms with van der Waals surface area (Å²) < 4.78 is 56.8. The van der Waals surface area contributed by atoms with E-state index >= 15 is 0 Å². The van der Waals surface area contributed by atoms with E-state index in [4.69, 9.17) is 0 Å². The number of halogens is 4. The summed E-state index contributed by atoms with van der Waals surface area (Å²) >= 11 is 0. The van der Waals surface area contributed by atoms with Crippen LogP contribution in [0.15, 0.2) is 36.4 Å². The number of nitrogens with zero attached hydrogens (tertiary/aromatic N) is 2. The smallest absolute Gasteiger partial charge is 0.290 e. The lowest BCUT2D eigenvalue weighted by atomic mass is 9.70. The van der Waals surface area contributed by atoms with Gasteiger partial charge in [0.15, 0.2) is 17.3 Å². The summed E-state index contributed by atoms with van der Waals surface area (Å²) in [6.45, 7) is 6.31. The van der Waals surface area contributed by atoms with Gasteiger partial charge in [0.2, 0.25) is 0 Å². The second kappa shape index (κ2) is 7.07. The van der Waals surface area contributed by atoms with Gasteiger partial charge in [0.25, 0.3) is 5.91 Å². The van der Waals surface area contributed by atoms with Crippen LogP contribution in [0.2, 0.25) is 0 Å². The van der Waals surface area contributed by atoms with Crippen molar-refractivity contribution < 1.29 is 22.4 Å². The zero-order chi connectivity index (χ0) is 23.7. The maximum atomic E-state index is 14.7. The van der Waals surface area contributed by atoms with E-state index in [0.717, 1.165) is 48.4 Å². The van der Waals surface area contributed by atoms with Crippen molar-refractivity contribution in [3.05, 3.63) is 76.6 Å². The van der Waals surface area contributed by atoms with Crippen molar-refractivity contribution in [2.24, 2.45) is 5.41 Å². The van der Waals surface area contributed by atoms with Crippen LogP contribution in [-0.2, 0) is 5.41 Å². The van der Waals surface area contributed by atoms with Crippen molar-refractivity contribution >= 4 is 11.6 Å². The van der Waals surface area contributed by atoms with Gasteiger partial charge in [0, 0.05) is 23.1 Å². The molecule has 2 N–H and O–H groups in total. The van der Waals surface area contributed by atoms with Gasteiger partial charge in [-0.25, -0.2) is 22.2 Å². The highest BCUT2D eigenvalue weighted by Gasteiger charge is 2.63. The summed E-state index contributed by atoms with van der Waals surface area (Å²) in [5.41, 5.74) is 5.75. The number of benzene rings is 2. The first-order valence-electron chi connectivity index (χ1n) is 10.6. The van der Waals surface area contributed by atoms with Crippen LogP contribution in [0.3, 0.4) is 0 Å². The van der Waals surface area contributed by atoms with E-state index in [2.05, 4.69) is 36.7 Å². The summed E-state index contributed by atoms with van der Waals surface area (Å²) in [7, 11) is 0. The molecule has 33 heavy (non-hydrogen) atoms. The standard InChI is InChI=1S/C24H22F4N4O/c1-23(2)14-8-9-24(23,3)21-19(14)20(31-32(21)18-7-5-13(26)11-16(18)28)22(33)30-29-17-6-4-12(25)10-15(17)27/h4-7,10-11,14,29H,8-9H2,1-3H3,(H,30,33). The fourth-order valence-corrected chi connectivity index (χ4v) is 5.49. The molecule has 0 radical (unpaired) electrons. The van der Waals surface area contributed by atoms with E-state index in [9.17, 15) is 22.4 Å². The van der Waals surface area contributed by atoms with E-state index in [1.807, 2.05) is 0 Å². The van der Waals surface area contributed by atoms with Crippen LogP contribution in [0.1, 0.15) is 61.3 Å². The van der Waals surface area contributed by atoms with Gasteiger partial charge in [0.05, 0.1) is 11.4 Å². The predicted molar refractivity (Wildman–Crippen MR) is 114 cm³/mol. The Hall–Kier alpha value is -3.36. The highest BCUT2D eigenvalue weighted by Crippen LogP contribution is 2.68. The molecule has 0 spiro atoms. The van der Waals surface area contributed by atoms with Crippen LogP contribution in [0.25, 0.3) is 5.69 Å². The van der Waals surface area contributed by atoms with Gasteiger partial charge in [-0.1, -0.05) is 20.8 Å². The quantitative estimate of drug-likeness (QED) is 0.409. The van der Waals surface area contributed by atoms with Crippen molar-refractivity contribution in [1.29, 1.82) is 0 Å². The van der Waals surface area contributed by atoms with Crippen LogP contribution in [-0.4, -0.2) is 15.7 Å². The van der Waals surface area contributed by atoms with Crippen LogP contribution < -0.4 is 10.9 Å². The van der Waals surface area contributed by atoms with Gasteiger partial charge in [-0.3, -0.25) is 15.6 Å². The molecule has 172 valence electrons. The Morgan fingerprint density at radius 3 is 2.36 bits per heavy atom. The Labute approximate surface area is 187 Å². The average Bonchev–Trinajstić information content (AvgIpc) is 3.29. The van der Waals surface area contributed by atoms with Crippen LogP contribution in [0.5, 0.6) is 0 Å². The molecule has 2 unspecified atom stereocenters. The lowest BCUT2D eigenvalue weighted by Gasteiger charge is -2.35. The average molecular weight is 458 g/mol. The maximum Gasteiger partial charge on any atom is 0.290 e. The van der Waals surface area contributed by atoms with Gasteiger partial charge in [0.1, 0.15) is 17.3 Å². The maximum absolute atomic E-state index is 14.7. The van der Waals surface area contributed by atoms with E-state index in [1.165, 1.54) is 10.7 Å².